The van der Waals surface area contributed by atoms with Crippen LogP contribution in [0.15, 0.2) is 0 Å². The molecule has 0 fully saturated rings. The van der Waals surface area contributed by atoms with Crippen LogP contribution in [0.5, 0.6) is 0 Å². The van der Waals surface area contributed by atoms with Gasteiger partial charge in [0.15, 0.2) is 0 Å². The minimum Gasteiger partial charge on any atom is -0.466 e. The molecule has 0 aromatic heterocycles. The number of carbonyl (C=O) groups is 2. The third-order valence-corrected chi connectivity index (χ3v) is 3.00. The number of esters is 1. The Bertz CT molecular complexity index is 275. The minimum absolute atomic E-state index is 0. The number of hydrogen-bond donors (Lipinski definition) is 2. The van der Waals surface area contributed by atoms with Gasteiger partial charge in [0.25, 0.3) is 0 Å². The van der Waals surface area contributed by atoms with Gasteiger partial charge in [-0.05, 0) is 18.8 Å². The molecular weight excluding hydrogens is 268 g/mol. The van der Waals surface area contributed by atoms with Gasteiger partial charge in [-0.1, -0.05) is 27.2 Å². The number of amides is 1. The molecule has 0 radical (unpaired) electrons. The summed E-state index contributed by atoms with van der Waals surface area (Å²) in [5, 5.41) is 2.77. The molecule has 114 valence electrons. The maximum Gasteiger partial charge on any atom is 0.306 e. The molecule has 5 nitrogen and oxygen atoms in total. The van der Waals surface area contributed by atoms with Crippen LogP contribution < -0.4 is 11.1 Å². The highest BCUT2D eigenvalue weighted by molar-refractivity contribution is 5.85. The first-order chi connectivity index (χ1) is 8.42. The molecule has 6 heteroatoms. The number of hydrogen-bond acceptors (Lipinski definition) is 4. The van der Waals surface area contributed by atoms with Gasteiger partial charge >= 0.3 is 5.97 Å². The summed E-state index contributed by atoms with van der Waals surface area (Å²) in [6.45, 7) is 8.45. The van der Waals surface area contributed by atoms with E-state index in [2.05, 4.69) is 5.32 Å². The molecule has 0 rings (SSSR count). The zero-order valence-electron chi connectivity index (χ0n) is 12.3. The van der Waals surface area contributed by atoms with Crippen molar-refractivity contribution in [3.05, 3.63) is 0 Å². The topological polar surface area (TPSA) is 81.4 Å². The van der Waals surface area contributed by atoms with Crippen LogP contribution >= 0.6 is 12.4 Å². The Labute approximate surface area is 122 Å². The average molecular weight is 295 g/mol. The van der Waals surface area contributed by atoms with Crippen LogP contribution in [0.4, 0.5) is 0 Å². The first kappa shape index (κ1) is 20.5. The summed E-state index contributed by atoms with van der Waals surface area (Å²) in [4.78, 5) is 22.9. The molecule has 3 atom stereocenters. The second-order valence-electron chi connectivity index (χ2n) is 4.77. The molecule has 0 saturated heterocycles. The summed E-state index contributed by atoms with van der Waals surface area (Å²) in [5.74, 6) is -0.173. The van der Waals surface area contributed by atoms with Crippen molar-refractivity contribution < 1.29 is 14.3 Å². The Morgan fingerprint density at radius 1 is 1.26 bits per heavy atom. The Balaban J connectivity index is 0. The minimum atomic E-state index is -0.482. The maximum absolute atomic E-state index is 11.7. The number of carbonyl (C=O) groups excluding carboxylic acids is 2. The number of rotatable bonds is 8. The summed E-state index contributed by atoms with van der Waals surface area (Å²) in [5.41, 5.74) is 5.80. The lowest BCUT2D eigenvalue weighted by atomic mass is 9.99. The zero-order chi connectivity index (χ0) is 14.1. The summed E-state index contributed by atoms with van der Waals surface area (Å²) >= 11 is 0. The van der Waals surface area contributed by atoms with E-state index in [1.165, 1.54) is 0 Å². The molecule has 0 aromatic rings. The van der Waals surface area contributed by atoms with Crippen LogP contribution in [-0.4, -0.2) is 31.1 Å². The molecule has 1 amide bonds. The van der Waals surface area contributed by atoms with Crippen molar-refractivity contribution in [3.8, 4) is 0 Å². The monoisotopic (exact) mass is 294 g/mol. The van der Waals surface area contributed by atoms with Crippen molar-refractivity contribution in [2.45, 2.75) is 46.6 Å². The maximum atomic E-state index is 11.7. The van der Waals surface area contributed by atoms with E-state index in [4.69, 9.17) is 10.5 Å². The Kier molecular flexibility index (Phi) is 11.9. The Morgan fingerprint density at radius 2 is 1.84 bits per heavy atom. The quantitative estimate of drug-likeness (QED) is 0.665. The van der Waals surface area contributed by atoms with Gasteiger partial charge in [-0.25, -0.2) is 0 Å². The summed E-state index contributed by atoms with van der Waals surface area (Å²) in [7, 11) is 0. The third-order valence-electron chi connectivity index (χ3n) is 3.00. The van der Waals surface area contributed by atoms with Gasteiger partial charge in [0, 0.05) is 13.0 Å². The van der Waals surface area contributed by atoms with E-state index in [1.54, 1.807) is 6.92 Å². The fraction of sp³-hybridized carbons (Fsp3) is 0.846. The highest BCUT2D eigenvalue weighted by Gasteiger charge is 2.20. The van der Waals surface area contributed by atoms with Gasteiger partial charge in [0.2, 0.25) is 5.91 Å². The van der Waals surface area contributed by atoms with Gasteiger partial charge in [-0.15, -0.1) is 12.4 Å². The predicted molar refractivity (Wildman–Crippen MR) is 78.1 cm³/mol. The average Bonchev–Trinajstić information content (AvgIpc) is 2.34. The molecule has 3 N–H and O–H groups in total. The Hall–Kier alpha value is -0.810. The summed E-state index contributed by atoms with van der Waals surface area (Å²) in [6, 6.07) is -0.482. The first-order valence-corrected chi connectivity index (χ1v) is 6.61. The van der Waals surface area contributed by atoms with E-state index >= 15 is 0 Å². The molecule has 0 aliphatic carbocycles. The van der Waals surface area contributed by atoms with Crippen molar-refractivity contribution in [3.63, 3.8) is 0 Å². The number of ether oxygens (including phenoxy) is 1. The van der Waals surface area contributed by atoms with Crippen molar-refractivity contribution in [2.24, 2.45) is 17.6 Å². The molecule has 3 unspecified atom stereocenters. The lowest BCUT2D eigenvalue weighted by molar-refractivity contribution is -0.144. The van der Waals surface area contributed by atoms with E-state index in [0.29, 0.717) is 19.6 Å². The van der Waals surface area contributed by atoms with E-state index in [1.807, 2.05) is 20.8 Å². The van der Waals surface area contributed by atoms with Crippen molar-refractivity contribution >= 4 is 24.3 Å². The molecule has 0 bridgehead atoms. The lowest BCUT2D eigenvalue weighted by Crippen LogP contribution is -2.45. The second kappa shape index (κ2) is 11.1. The van der Waals surface area contributed by atoms with E-state index in [9.17, 15) is 9.59 Å². The molecule has 0 spiro atoms. The largest absolute Gasteiger partial charge is 0.466 e. The Morgan fingerprint density at radius 3 is 2.32 bits per heavy atom. The molecule has 0 aliphatic heterocycles. The van der Waals surface area contributed by atoms with E-state index < -0.39 is 6.04 Å². The van der Waals surface area contributed by atoms with E-state index in [0.717, 1.165) is 6.42 Å². The van der Waals surface area contributed by atoms with Crippen molar-refractivity contribution in [2.75, 3.05) is 13.2 Å². The predicted octanol–water partition coefficient (Wildman–Crippen LogP) is 1.49. The number of nitrogens with two attached hydrogens (primary N) is 1. The molecule has 0 aromatic carbocycles. The molecule has 0 aliphatic rings. The molecular formula is C13H27ClN2O3. The fourth-order valence-corrected chi connectivity index (χ4v) is 1.48. The van der Waals surface area contributed by atoms with Crippen LogP contribution in [-0.2, 0) is 14.3 Å². The summed E-state index contributed by atoms with van der Waals surface area (Å²) < 4.78 is 4.85. The normalized spacial score (nSPS) is 14.8. The number of nitrogens with one attached hydrogen (secondary N) is 1. The molecule has 0 heterocycles. The highest BCUT2D eigenvalue weighted by atomic mass is 35.5. The van der Waals surface area contributed by atoms with Crippen molar-refractivity contribution in [1.29, 1.82) is 0 Å². The van der Waals surface area contributed by atoms with Crippen molar-refractivity contribution in [1.82, 2.24) is 5.32 Å². The third kappa shape index (κ3) is 8.83. The van der Waals surface area contributed by atoms with Gasteiger partial charge < -0.3 is 15.8 Å². The van der Waals surface area contributed by atoms with Crippen LogP contribution in [0, 0.1) is 11.8 Å². The lowest BCUT2D eigenvalue weighted by Gasteiger charge is -2.19. The smallest absolute Gasteiger partial charge is 0.306 e. The van der Waals surface area contributed by atoms with Crippen LogP contribution in [0.1, 0.15) is 40.5 Å². The standard InChI is InChI=1S/C13H26N2O3.ClH/c1-5-10(4)12(14)13(17)15-8-9(3)7-11(16)18-6-2;/h9-10,12H,5-8,14H2,1-4H3,(H,15,17);1H. The van der Waals surface area contributed by atoms with Crippen LogP contribution in [0.25, 0.3) is 0 Å². The first-order valence-electron chi connectivity index (χ1n) is 6.61. The fourth-order valence-electron chi connectivity index (χ4n) is 1.48. The van der Waals surface area contributed by atoms with Gasteiger partial charge in [-0.3, -0.25) is 9.59 Å². The second-order valence-corrected chi connectivity index (χ2v) is 4.77. The number of halogens is 1. The van der Waals surface area contributed by atoms with Gasteiger partial charge in [0.05, 0.1) is 12.6 Å². The highest BCUT2D eigenvalue weighted by Crippen LogP contribution is 2.06. The van der Waals surface area contributed by atoms with Crippen LogP contribution in [0.3, 0.4) is 0 Å². The van der Waals surface area contributed by atoms with Crippen LogP contribution in [0.2, 0.25) is 0 Å². The molecule has 19 heavy (non-hydrogen) atoms. The van der Waals surface area contributed by atoms with Gasteiger partial charge in [-0.2, -0.15) is 0 Å². The summed E-state index contributed by atoms with van der Waals surface area (Å²) in [6.07, 6.45) is 1.18. The molecule has 0 saturated carbocycles. The zero-order valence-corrected chi connectivity index (χ0v) is 13.1. The van der Waals surface area contributed by atoms with Gasteiger partial charge in [0.1, 0.15) is 0 Å². The van der Waals surface area contributed by atoms with E-state index in [-0.39, 0.29) is 36.1 Å². The SMILES string of the molecule is CCOC(=O)CC(C)CNC(=O)C(N)C(C)CC.Cl.